The Morgan fingerprint density at radius 2 is 0.358 bits per heavy atom. The summed E-state index contributed by atoms with van der Waals surface area (Å²) in [7, 11) is 0. The fourth-order valence-electron chi connectivity index (χ4n) is 15.0. The molecule has 0 saturated heterocycles. The quantitative estimate of drug-likeness (QED) is 0.0774. The van der Waals surface area contributed by atoms with Crippen LogP contribution in [0, 0.1) is 0 Å². The molecule has 3 saturated carbocycles. The zero-order valence-electron chi connectivity index (χ0n) is 58.7. The summed E-state index contributed by atoms with van der Waals surface area (Å²) in [5.74, 6) is -0.143. The van der Waals surface area contributed by atoms with E-state index in [0.29, 0.717) is 60.3 Å². The van der Waals surface area contributed by atoms with Gasteiger partial charge in [-0.2, -0.15) is 0 Å². The Hall–Kier alpha value is -7.88. The van der Waals surface area contributed by atoms with Crippen LogP contribution in [0.4, 0.5) is 0 Å². The van der Waals surface area contributed by atoms with E-state index in [2.05, 4.69) is 146 Å². The highest BCUT2D eigenvalue weighted by Gasteiger charge is 2.41. The summed E-state index contributed by atoms with van der Waals surface area (Å²) in [6, 6.07) is 93.1. The van der Waals surface area contributed by atoms with Crippen LogP contribution in [0.3, 0.4) is 0 Å². The lowest BCUT2D eigenvalue weighted by atomic mass is 9.84. The first-order chi connectivity index (χ1) is 52.2. The molecule has 12 aromatic carbocycles. The minimum atomic E-state index is -0.140. The van der Waals surface area contributed by atoms with Crippen molar-refractivity contribution in [1.82, 2.24) is 0 Å². The Labute approximate surface area is 657 Å². The molecule has 5 aliphatic rings. The van der Waals surface area contributed by atoms with Gasteiger partial charge >= 0.3 is 0 Å². The molecule has 106 heavy (non-hydrogen) atoms. The largest absolute Gasteiger partial charge is 0.288 e. The molecule has 3 fully saturated rings. The van der Waals surface area contributed by atoms with Gasteiger partial charge < -0.3 is 0 Å². The number of carbonyl (C=O) groups excluding carboxylic acids is 4. The van der Waals surface area contributed by atoms with E-state index in [0.717, 1.165) is 97.0 Å². The van der Waals surface area contributed by atoms with Crippen molar-refractivity contribution in [3.05, 3.63) is 317 Å². The maximum absolute atomic E-state index is 15.6. The van der Waals surface area contributed by atoms with E-state index in [9.17, 15) is 0 Å². The van der Waals surface area contributed by atoms with Gasteiger partial charge in [0.15, 0.2) is 23.1 Å². The molecule has 0 spiro atoms. The van der Waals surface area contributed by atoms with Gasteiger partial charge in [-0.1, -0.05) is 280 Å². The molecule has 12 aromatic rings. The van der Waals surface area contributed by atoms with Crippen LogP contribution >= 0.6 is 94.1 Å². The number of hydrogen-bond donors (Lipinski definition) is 0. The maximum Gasteiger partial charge on any atom is 0.196 e. The van der Waals surface area contributed by atoms with Gasteiger partial charge in [-0.05, 0) is 181 Å². The highest BCUT2D eigenvalue weighted by molar-refractivity contribution is 8.01. The third kappa shape index (κ3) is 16.4. The average Bonchev–Trinajstić information content (AvgIpc) is 0.730. The van der Waals surface area contributed by atoms with Crippen molar-refractivity contribution in [1.29, 1.82) is 0 Å². The summed E-state index contributed by atoms with van der Waals surface area (Å²) in [6.45, 7) is 0. The van der Waals surface area contributed by atoms with Crippen LogP contribution in [-0.2, 0) is 0 Å². The maximum atomic E-state index is 15.6. The van der Waals surface area contributed by atoms with Crippen LogP contribution in [0.25, 0.3) is 33.4 Å². The Bertz CT molecular complexity index is 5150. The molecule has 0 heterocycles. The minimum absolute atomic E-state index is 0.0588. The van der Waals surface area contributed by atoms with Gasteiger partial charge in [-0.25, -0.2) is 0 Å². The zero-order valence-corrected chi connectivity index (χ0v) is 65.3. The SMILES string of the molecule is O=C1c2c(Sc3ccccc3)ccc(SC3CCCCC3)c2C(=O)c2c(SC3CCCCC3)ccc(SC3CCCCC3)c21.O=C1c2c(Sc3ccccc3)ccc(Sc3ccc(-c4ccccc4)cc3)c2C(=O)c2c(Sc3ccc(-c4ccccc4)cc3)ccc(Sc3ccc(-c4ccccc4)cc3)c21. The monoisotopic (exact) mass is 1530 g/mol. The van der Waals surface area contributed by atoms with Crippen LogP contribution in [0.15, 0.2) is 337 Å². The Kier molecular flexibility index (Phi) is 23.3. The van der Waals surface area contributed by atoms with E-state index < -0.39 is 0 Å². The summed E-state index contributed by atoms with van der Waals surface area (Å²) in [5.41, 5.74) is 11.3. The second-order valence-electron chi connectivity index (χ2n) is 27.5. The first-order valence-electron chi connectivity index (χ1n) is 37.0. The summed E-state index contributed by atoms with van der Waals surface area (Å²) >= 11 is 13.3. The second kappa shape index (κ2) is 34.1. The average molecular weight is 1530 g/mol. The van der Waals surface area contributed by atoms with Gasteiger partial charge in [0.1, 0.15) is 0 Å². The molecule has 4 nitrogen and oxygen atoms in total. The smallest absolute Gasteiger partial charge is 0.196 e. The molecule has 0 radical (unpaired) electrons. The summed E-state index contributed by atoms with van der Waals surface area (Å²) in [5, 5.41) is 1.54. The lowest BCUT2D eigenvalue weighted by Crippen LogP contribution is -2.25. The van der Waals surface area contributed by atoms with E-state index in [1.54, 1.807) is 11.8 Å². The van der Waals surface area contributed by atoms with E-state index >= 15 is 19.2 Å². The van der Waals surface area contributed by atoms with Gasteiger partial charge in [-0.3, -0.25) is 19.2 Å². The van der Waals surface area contributed by atoms with Gasteiger partial charge in [0, 0.05) is 124 Å². The van der Waals surface area contributed by atoms with Gasteiger partial charge in [0.25, 0.3) is 0 Å². The third-order valence-electron chi connectivity index (χ3n) is 20.4. The molecule has 0 atom stereocenters. The van der Waals surface area contributed by atoms with Crippen LogP contribution in [-0.4, -0.2) is 38.9 Å². The molecule has 0 amide bonds. The van der Waals surface area contributed by atoms with Crippen molar-refractivity contribution in [3.8, 4) is 33.4 Å². The fraction of sp³-hybridized carbons (Fsp3) is 0.191. The van der Waals surface area contributed by atoms with E-state index in [-0.39, 0.29) is 23.1 Å². The van der Waals surface area contributed by atoms with Crippen molar-refractivity contribution in [2.24, 2.45) is 0 Å². The number of rotatable bonds is 19. The number of hydrogen-bond acceptors (Lipinski definition) is 12. The Morgan fingerprint density at radius 1 is 0.179 bits per heavy atom. The predicted octanol–water partition coefficient (Wildman–Crippen LogP) is 28.0. The second-order valence-corrected chi connectivity index (χ2v) is 37.1. The van der Waals surface area contributed by atoms with Gasteiger partial charge in [0.05, 0.1) is 0 Å². The summed E-state index contributed by atoms with van der Waals surface area (Å²) in [4.78, 5) is 73.2. The first kappa shape index (κ1) is 72.3. The third-order valence-corrected chi connectivity index (χ3v) is 29.9. The molecule has 0 aliphatic heterocycles. The molecule has 526 valence electrons. The lowest BCUT2D eigenvalue weighted by Gasteiger charge is -2.30. The van der Waals surface area contributed by atoms with Crippen molar-refractivity contribution in [2.45, 2.75) is 176 Å². The molecule has 5 aliphatic carbocycles. The first-order valence-corrected chi connectivity index (χ1v) is 43.8. The Balaban J connectivity index is 0.000000172. The number of thioether (sulfide) groups is 3. The normalized spacial score (nSPS) is 15.2. The number of fused-ring (bicyclic) bond motifs is 4. The molecular formula is C94H78O4S8. The van der Waals surface area contributed by atoms with Crippen molar-refractivity contribution in [3.63, 3.8) is 0 Å². The van der Waals surface area contributed by atoms with E-state index in [1.165, 1.54) is 143 Å². The highest BCUT2D eigenvalue weighted by atomic mass is 32.2. The van der Waals surface area contributed by atoms with E-state index in [1.807, 2.05) is 163 Å². The molecule has 12 heteroatoms. The van der Waals surface area contributed by atoms with Crippen LogP contribution in [0.5, 0.6) is 0 Å². The van der Waals surface area contributed by atoms with Crippen LogP contribution < -0.4 is 0 Å². The molecule has 17 rings (SSSR count). The predicted molar refractivity (Wildman–Crippen MR) is 447 cm³/mol. The van der Waals surface area contributed by atoms with Crippen LogP contribution in [0.2, 0.25) is 0 Å². The standard InChI is InChI=1S/C56H36O2S4.C38H42O2S4/c57-55-51-47(59-43-19-11-4-12-20-43)33-34-48(60-44-27-21-40(22-28-44)37-13-5-1-6-14-37)52(51)56(58)54-50(62-46-31-25-42(26-32-46)39-17-9-3-10-18-39)36-35-49(53(54)55)61-45-29-23-41(24-30-45)38-15-7-2-8-16-38;39-37-33-29(41-25-13-5-1-6-14-25)21-22-30(42-26-15-7-2-8-16-26)34(33)38(40)36-32(44-28-19-11-4-12-20-28)24-23-31(35(36)37)43-27-17-9-3-10-18-27/h1-36H;1,5-6,13-14,21-24,26-28H,2-4,7-12,15-20H2. The molecule has 0 bridgehead atoms. The number of carbonyl (C=O) groups is 4. The molecular weight excluding hydrogens is 1450 g/mol. The summed E-state index contributed by atoms with van der Waals surface area (Å²) in [6.07, 6.45) is 18.6. The number of benzene rings is 12. The summed E-state index contributed by atoms with van der Waals surface area (Å²) < 4.78 is 0. The minimum Gasteiger partial charge on any atom is -0.288 e. The van der Waals surface area contributed by atoms with Crippen molar-refractivity contribution >= 4 is 117 Å². The Morgan fingerprint density at radius 3 is 0.585 bits per heavy atom. The van der Waals surface area contributed by atoms with Gasteiger partial charge in [-0.15, -0.1) is 35.3 Å². The van der Waals surface area contributed by atoms with Crippen molar-refractivity contribution < 1.29 is 19.2 Å². The van der Waals surface area contributed by atoms with Crippen molar-refractivity contribution in [2.75, 3.05) is 0 Å². The fourth-order valence-corrected chi connectivity index (χ4v) is 24.0. The number of ketones is 4. The zero-order chi connectivity index (χ0) is 71.7. The van der Waals surface area contributed by atoms with Gasteiger partial charge in [0.2, 0.25) is 0 Å². The van der Waals surface area contributed by atoms with E-state index in [4.69, 9.17) is 0 Å². The highest BCUT2D eigenvalue weighted by Crippen LogP contribution is 2.52. The molecule has 0 unspecified atom stereocenters. The molecule has 0 N–H and O–H groups in total. The topological polar surface area (TPSA) is 68.3 Å². The molecule has 0 aromatic heterocycles. The lowest BCUT2D eigenvalue weighted by molar-refractivity contribution is 0.0970. The van der Waals surface area contributed by atoms with Crippen LogP contribution in [0.1, 0.15) is 160 Å².